The van der Waals surface area contributed by atoms with E-state index in [0.717, 1.165) is 18.7 Å². The molecule has 0 saturated heterocycles. The van der Waals surface area contributed by atoms with Crippen molar-refractivity contribution in [2.45, 2.75) is 26.8 Å². The SMILES string of the molecule is CCN(C)C[C@@H](C)NC(=O)c1ccc(-c2noc(C)n2)cc1. The molecule has 1 aromatic carbocycles. The van der Waals surface area contributed by atoms with Gasteiger partial charge in [-0.3, -0.25) is 4.79 Å². The van der Waals surface area contributed by atoms with E-state index in [-0.39, 0.29) is 11.9 Å². The van der Waals surface area contributed by atoms with Crippen LogP contribution >= 0.6 is 0 Å². The standard InChI is InChI=1S/C16H22N4O2/c1-5-20(4)10-11(2)17-16(21)14-8-6-13(7-9-14)15-18-12(3)22-19-15/h6-9,11H,5,10H2,1-4H3,(H,17,21)/t11-/m1/s1. The lowest BCUT2D eigenvalue weighted by atomic mass is 10.1. The molecule has 2 aromatic rings. The third-order valence-corrected chi connectivity index (χ3v) is 3.44. The maximum Gasteiger partial charge on any atom is 0.251 e. The fourth-order valence-electron chi connectivity index (χ4n) is 2.14. The lowest BCUT2D eigenvalue weighted by molar-refractivity contribution is 0.0932. The van der Waals surface area contributed by atoms with Gasteiger partial charge in [0.1, 0.15) is 0 Å². The largest absolute Gasteiger partial charge is 0.348 e. The minimum Gasteiger partial charge on any atom is -0.348 e. The average Bonchev–Trinajstić information content (AvgIpc) is 2.93. The van der Waals surface area contributed by atoms with Crippen LogP contribution in [0.5, 0.6) is 0 Å². The number of aryl methyl sites for hydroxylation is 1. The number of aromatic nitrogens is 2. The molecule has 0 radical (unpaired) electrons. The highest BCUT2D eigenvalue weighted by Crippen LogP contribution is 2.16. The summed E-state index contributed by atoms with van der Waals surface area (Å²) in [6.45, 7) is 7.61. The Morgan fingerprint density at radius 2 is 2.05 bits per heavy atom. The monoisotopic (exact) mass is 302 g/mol. The topological polar surface area (TPSA) is 71.3 Å². The minimum absolute atomic E-state index is 0.0761. The summed E-state index contributed by atoms with van der Waals surface area (Å²) in [5.74, 6) is 0.973. The number of rotatable bonds is 6. The zero-order chi connectivity index (χ0) is 16.1. The molecule has 6 heteroatoms. The Morgan fingerprint density at radius 3 is 2.59 bits per heavy atom. The van der Waals surface area contributed by atoms with Gasteiger partial charge in [-0.15, -0.1) is 0 Å². The van der Waals surface area contributed by atoms with Crippen LogP contribution in [-0.4, -0.2) is 47.1 Å². The fourth-order valence-corrected chi connectivity index (χ4v) is 2.14. The Bertz CT molecular complexity index is 621. The molecular formula is C16H22N4O2. The van der Waals surface area contributed by atoms with Gasteiger partial charge in [-0.2, -0.15) is 4.98 Å². The molecule has 0 saturated carbocycles. The quantitative estimate of drug-likeness (QED) is 0.885. The van der Waals surface area contributed by atoms with Crippen molar-refractivity contribution in [3.63, 3.8) is 0 Å². The maximum absolute atomic E-state index is 12.2. The van der Waals surface area contributed by atoms with E-state index in [0.29, 0.717) is 17.3 Å². The summed E-state index contributed by atoms with van der Waals surface area (Å²) >= 11 is 0. The molecule has 0 aliphatic carbocycles. The van der Waals surface area contributed by atoms with E-state index < -0.39 is 0 Å². The van der Waals surface area contributed by atoms with E-state index in [1.54, 1.807) is 19.1 Å². The summed E-state index contributed by atoms with van der Waals surface area (Å²) in [5.41, 5.74) is 1.45. The van der Waals surface area contributed by atoms with Gasteiger partial charge < -0.3 is 14.7 Å². The molecule has 0 fully saturated rings. The highest BCUT2D eigenvalue weighted by Gasteiger charge is 2.12. The van der Waals surface area contributed by atoms with Crippen LogP contribution in [0.4, 0.5) is 0 Å². The van der Waals surface area contributed by atoms with Gasteiger partial charge in [0.05, 0.1) is 0 Å². The molecule has 1 aromatic heterocycles. The molecule has 0 spiro atoms. The van der Waals surface area contributed by atoms with Crippen LogP contribution in [0.1, 0.15) is 30.1 Å². The van der Waals surface area contributed by atoms with Gasteiger partial charge in [0.2, 0.25) is 11.7 Å². The predicted octanol–water partition coefficient (Wildman–Crippen LogP) is 2.12. The Kier molecular flexibility index (Phi) is 5.27. The predicted molar refractivity (Wildman–Crippen MR) is 84.6 cm³/mol. The van der Waals surface area contributed by atoms with Crippen molar-refractivity contribution in [1.29, 1.82) is 0 Å². The Morgan fingerprint density at radius 1 is 1.36 bits per heavy atom. The van der Waals surface area contributed by atoms with Gasteiger partial charge >= 0.3 is 0 Å². The molecule has 22 heavy (non-hydrogen) atoms. The number of carbonyl (C=O) groups is 1. The van der Waals surface area contributed by atoms with Crippen LogP contribution in [-0.2, 0) is 0 Å². The molecule has 6 nitrogen and oxygen atoms in total. The fraction of sp³-hybridized carbons (Fsp3) is 0.438. The molecule has 1 N–H and O–H groups in total. The molecule has 1 amide bonds. The van der Waals surface area contributed by atoms with E-state index in [1.165, 1.54) is 0 Å². The van der Waals surface area contributed by atoms with E-state index in [9.17, 15) is 4.79 Å². The maximum atomic E-state index is 12.2. The summed E-state index contributed by atoms with van der Waals surface area (Å²) in [6.07, 6.45) is 0. The van der Waals surface area contributed by atoms with Crippen molar-refractivity contribution in [2.24, 2.45) is 0 Å². The van der Waals surface area contributed by atoms with Crippen LogP contribution in [0, 0.1) is 6.92 Å². The molecule has 118 valence electrons. The van der Waals surface area contributed by atoms with Gasteiger partial charge in [-0.05, 0) is 32.6 Å². The Balaban J connectivity index is 1.99. The zero-order valence-electron chi connectivity index (χ0n) is 13.5. The third kappa shape index (κ3) is 4.14. The van der Waals surface area contributed by atoms with E-state index in [2.05, 4.69) is 27.3 Å². The molecule has 0 aliphatic rings. The second kappa shape index (κ2) is 7.17. The minimum atomic E-state index is -0.0761. The van der Waals surface area contributed by atoms with E-state index >= 15 is 0 Å². The highest BCUT2D eigenvalue weighted by molar-refractivity contribution is 5.94. The van der Waals surface area contributed by atoms with Gasteiger partial charge in [-0.1, -0.05) is 24.2 Å². The second-order valence-electron chi connectivity index (χ2n) is 5.44. The Labute approximate surface area is 130 Å². The lowest BCUT2D eigenvalue weighted by Crippen LogP contribution is -2.40. The first-order valence-corrected chi connectivity index (χ1v) is 7.39. The molecule has 1 heterocycles. The molecular weight excluding hydrogens is 280 g/mol. The lowest BCUT2D eigenvalue weighted by Gasteiger charge is -2.20. The first kappa shape index (κ1) is 16.2. The van der Waals surface area contributed by atoms with Gasteiger partial charge in [-0.25, -0.2) is 0 Å². The van der Waals surface area contributed by atoms with Crippen LogP contribution in [0.25, 0.3) is 11.4 Å². The van der Waals surface area contributed by atoms with Crippen molar-refractivity contribution in [3.8, 4) is 11.4 Å². The van der Waals surface area contributed by atoms with Crippen LogP contribution in [0.2, 0.25) is 0 Å². The number of nitrogens with zero attached hydrogens (tertiary/aromatic N) is 3. The first-order chi connectivity index (χ1) is 10.5. The van der Waals surface area contributed by atoms with Crippen molar-refractivity contribution in [2.75, 3.05) is 20.1 Å². The van der Waals surface area contributed by atoms with Crippen molar-refractivity contribution < 1.29 is 9.32 Å². The van der Waals surface area contributed by atoms with Crippen LogP contribution in [0.15, 0.2) is 28.8 Å². The third-order valence-electron chi connectivity index (χ3n) is 3.44. The molecule has 2 rings (SSSR count). The average molecular weight is 302 g/mol. The number of hydrogen-bond acceptors (Lipinski definition) is 5. The Hall–Kier alpha value is -2.21. The zero-order valence-corrected chi connectivity index (χ0v) is 13.5. The normalized spacial score (nSPS) is 12.4. The first-order valence-electron chi connectivity index (χ1n) is 7.39. The van der Waals surface area contributed by atoms with Crippen LogP contribution in [0.3, 0.4) is 0 Å². The second-order valence-corrected chi connectivity index (χ2v) is 5.44. The van der Waals surface area contributed by atoms with Crippen molar-refractivity contribution >= 4 is 5.91 Å². The number of carbonyl (C=O) groups excluding carboxylic acids is 1. The van der Waals surface area contributed by atoms with Crippen LogP contribution < -0.4 is 5.32 Å². The van der Waals surface area contributed by atoms with E-state index in [4.69, 9.17) is 4.52 Å². The van der Waals surface area contributed by atoms with Gasteiger partial charge in [0.15, 0.2) is 0 Å². The molecule has 0 bridgehead atoms. The highest BCUT2D eigenvalue weighted by atomic mass is 16.5. The van der Waals surface area contributed by atoms with Gasteiger partial charge in [0.25, 0.3) is 5.91 Å². The molecule has 0 unspecified atom stereocenters. The van der Waals surface area contributed by atoms with E-state index in [1.807, 2.05) is 26.1 Å². The summed E-state index contributed by atoms with van der Waals surface area (Å²) in [4.78, 5) is 18.5. The summed E-state index contributed by atoms with van der Waals surface area (Å²) in [7, 11) is 2.03. The number of nitrogens with one attached hydrogen (secondary N) is 1. The molecule has 0 aliphatic heterocycles. The van der Waals surface area contributed by atoms with Crippen molar-refractivity contribution in [3.05, 3.63) is 35.7 Å². The number of likely N-dealkylation sites (N-methyl/N-ethyl adjacent to an activating group) is 1. The van der Waals surface area contributed by atoms with Crippen molar-refractivity contribution in [1.82, 2.24) is 20.4 Å². The molecule has 1 atom stereocenters. The van der Waals surface area contributed by atoms with Gasteiger partial charge in [0, 0.05) is 30.6 Å². The smallest absolute Gasteiger partial charge is 0.251 e. The number of benzene rings is 1. The summed E-state index contributed by atoms with van der Waals surface area (Å²) < 4.78 is 4.95. The summed E-state index contributed by atoms with van der Waals surface area (Å²) in [6, 6.07) is 7.28. The summed E-state index contributed by atoms with van der Waals surface area (Å²) in [5, 5.41) is 6.85. The number of amides is 1. The number of hydrogen-bond donors (Lipinski definition) is 1.